The maximum atomic E-state index is 12.0. The van der Waals surface area contributed by atoms with Crippen LogP contribution in [0.25, 0.3) is 16.6 Å². The zero-order valence-corrected chi connectivity index (χ0v) is 16.2. The topological polar surface area (TPSA) is 72.6 Å². The normalized spacial score (nSPS) is 15.6. The van der Waals surface area contributed by atoms with Crippen molar-refractivity contribution >= 4 is 28.3 Å². The molecular weight excluding hydrogens is 362 g/mol. The van der Waals surface area contributed by atoms with Gasteiger partial charge in [-0.05, 0) is 38.4 Å². The Bertz CT molecular complexity index is 1000. The minimum Gasteiger partial charge on any atom is -0.379 e. The maximum Gasteiger partial charge on any atom is 0.294 e. The zero-order chi connectivity index (χ0) is 18.6. The predicted octanol–water partition coefficient (Wildman–Crippen LogP) is 2.15. The van der Waals surface area contributed by atoms with Crippen molar-refractivity contribution in [3.8, 4) is 0 Å². The first-order chi connectivity index (χ1) is 13.2. The molecule has 1 aliphatic heterocycles. The number of benzene rings is 1. The molecule has 1 aliphatic rings. The number of unbranched alkanes of at least 4 members (excludes halogenated alkanes) is 1. The quantitative estimate of drug-likeness (QED) is 0.279. The van der Waals surface area contributed by atoms with Gasteiger partial charge in [0.15, 0.2) is 10.8 Å². The molecule has 27 heavy (non-hydrogen) atoms. The lowest BCUT2D eigenvalue weighted by molar-refractivity contribution is 0.0374. The van der Waals surface area contributed by atoms with E-state index in [1.807, 2.05) is 24.3 Å². The molecule has 7 nitrogen and oxygen atoms in total. The summed E-state index contributed by atoms with van der Waals surface area (Å²) >= 11 is 1.67. The summed E-state index contributed by atoms with van der Waals surface area (Å²) in [6.07, 6.45) is 2.25. The summed E-state index contributed by atoms with van der Waals surface area (Å²) in [5, 5.41) is 6.06. The predicted molar refractivity (Wildman–Crippen MR) is 107 cm³/mol. The van der Waals surface area contributed by atoms with Crippen molar-refractivity contribution in [2.45, 2.75) is 24.9 Å². The van der Waals surface area contributed by atoms with E-state index in [-0.39, 0.29) is 5.56 Å². The van der Waals surface area contributed by atoms with Gasteiger partial charge < -0.3 is 4.74 Å². The molecular formula is C19H23N5O2S. The molecule has 0 amide bonds. The third-order valence-electron chi connectivity index (χ3n) is 4.71. The Morgan fingerprint density at radius 3 is 2.81 bits per heavy atom. The third-order valence-corrected chi connectivity index (χ3v) is 5.73. The van der Waals surface area contributed by atoms with Crippen LogP contribution in [-0.4, -0.2) is 63.1 Å². The monoisotopic (exact) mass is 385 g/mol. The lowest BCUT2D eigenvalue weighted by Gasteiger charge is -2.26. The summed E-state index contributed by atoms with van der Waals surface area (Å²) in [6.45, 7) is 6.56. The maximum absolute atomic E-state index is 12.0. The number of ether oxygens (including phenoxy) is 1. The zero-order valence-electron chi connectivity index (χ0n) is 15.4. The SMILES string of the molecule is Cc1nn2c(SCCCCN3CCOCC3)nc3ccccc3c2nc1=O. The van der Waals surface area contributed by atoms with Crippen LogP contribution in [0.4, 0.5) is 0 Å². The summed E-state index contributed by atoms with van der Waals surface area (Å²) in [5.74, 6) is 0.956. The van der Waals surface area contributed by atoms with Crippen LogP contribution in [0.3, 0.4) is 0 Å². The molecule has 0 atom stereocenters. The second-order valence-electron chi connectivity index (χ2n) is 6.66. The van der Waals surface area contributed by atoms with Crippen molar-refractivity contribution in [3.05, 3.63) is 40.3 Å². The summed E-state index contributed by atoms with van der Waals surface area (Å²) < 4.78 is 7.10. The first kappa shape index (κ1) is 18.3. The van der Waals surface area contributed by atoms with Crippen LogP contribution >= 0.6 is 11.8 Å². The number of aromatic nitrogens is 4. The van der Waals surface area contributed by atoms with E-state index in [2.05, 4.69) is 15.0 Å². The highest BCUT2D eigenvalue weighted by Crippen LogP contribution is 2.23. The molecule has 3 aromatic rings. The van der Waals surface area contributed by atoms with Crippen LogP contribution in [0.5, 0.6) is 0 Å². The van der Waals surface area contributed by atoms with Crippen LogP contribution < -0.4 is 5.56 Å². The molecule has 4 rings (SSSR count). The fraction of sp³-hybridized carbons (Fsp3) is 0.474. The first-order valence-corrected chi connectivity index (χ1v) is 10.3. The van der Waals surface area contributed by atoms with Gasteiger partial charge in [-0.2, -0.15) is 14.6 Å². The van der Waals surface area contributed by atoms with E-state index in [9.17, 15) is 4.79 Å². The summed E-state index contributed by atoms with van der Waals surface area (Å²) in [4.78, 5) is 23.5. The number of fused-ring (bicyclic) bond motifs is 3. The Morgan fingerprint density at radius 1 is 1.15 bits per heavy atom. The van der Waals surface area contributed by atoms with Gasteiger partial charge in [-0.25, -0.2) is 4.98 Å². The Morgan fingerprint density at radius 2 is 1.96 bits per heavy atom. The van der Waals surface area contributed by atoms with E-state index in [1.165, 1.54) is 0 Å². The molecule has 0 bridgehead atoms. The Kier molecular flexibility index (Phi) is 5.66. The van der Waals surface area contributed by atoms with Crippen molar-refractivity contribution in [3.63, 3.8) is 0 Å². The second kappa shape index (κ2) is 8.33. The third kappa shape index (κ3) is 4.12. The van der Waals surface area contributed by atoms with Gasteiger partial charge >= 0.3 is 0 Å². The van der Waals surface area contributed by atoms with Crippen LogP contribution in [0, 0.1) is 6.92 Å². The van der Waals surface area contributed by atoms with E-state index in [0.29, 0.717) is 11.3 Å². The Balaban J connectivity index is 1.50. The average molecular weight is 385 g/mol. The van der Waals surface area contributed by atoms with Crippen LogP contribution in [0.1, 0.15) is 18.5 Å². The molecule has 0 radical (unpaired) electrons. The first-order valence-electron chi connectivity index (χ1n) is 9.32. The fourth-order valence-electron chi connectivity index (χ4n) is 3.20. The highest BCUT2D eigenvalue weighted by molar-refractivity contribution is 7.99. The lowest BCUT2D eigenvalue weighted by Crippen LogP contribution is -2.36. The van der Waals surface area contributed by atoms with Crippen molar-refractivity contribution in [2.24, 2.45) is 0 Å². The minimum atomic E-state index is -0.284. The molecule has 0 N–H and O–H groups in total. The minimum absolute atomic E-state index is 0.284. The van der Waals surface area contributed by atoms with Gasteiger partial charge in [0, 0.05) is 24.2 Å². The van der Waals surface area contributed by atoms with E-state index in [1.54, 1.807) is 23.2 Å². The van der Waals surface area contributed by atoms with Gasteiger partial charge in [-0.1, -0.05) is 23.9 Å². The highest BCUT2D eigenvalue weighted by atomic mass is 32.2. The molecule has 1 saturated heterocycles. The molecule has 8 heteroatoms. The number of nitrogens with zero attached hydrogens (tertiary/aromatic N) is 5. The largest absolute Gasteiger partial charge is 0.379 e. The van der Waals surface area contributed by atoms with Crippen molar-refractivity contribution in [1.82, 2.24) is 24.5 Å². The Hall–Kier alpha value is -2.03. The standard InChI is InChI=1S/C19H23N5O2S/c1-14-18(25)21-17-15-6-2-3-7-16(15)20-19(24(17)22-14)27-13-5-4-8-23-9-11-26-12-10-23/h2-3,6-7H,4-5,8-13H2,1H3. The van der Waals surface area contributed by atoms with Crippen molar-refractivity contribution in [1.29, 1.82) is 0 Å². The number of morpholine rings is 1. The number of rotatable bonds is 6. The average Bonchev–Trinajstić information content (AvgIpc) is 2.70. The summed E-state index contributed by atoms with van der Waals surface area (Å²) in [5.41, 5.74) is 1.52. The second-order valence-corrected chi connectivity index (χ2v) is 7.72. The van der Waals surface area contributed by atoms with Gasteiger partial charge in [0.1, 0.15) is 5.69 Å². The molecule has 0 aliphatic carbocycles. The molecule has 0 spiro atoms. The van der Waals surface area contributed by atoms with Crippen molar-refractivity contribution < 1.29 is 4.74 Å². The number of aryl methyl sites for hydroxylation is 1. The van der Waals surface area contributed by atoms with Gasteiger partial charge in [0.2, 0.25) is 0 Å². The number of hydrogen-bond donors (Lipinski definition) is 0. The van der Waals surface area contributed by atoms with E-state index >= 15 is 0 Å². The van der Waals surface area contributed by atoms with E-state index < -0.39 is 0 Å². The van der Waals surface area contributed by atoms with E-state index in [4.69, 9.17) is 9.72 Å². The molecule has 2 aromatic heterocycles. The lowest BCUT2D eigenvalue weighted by atomic mass is 10.2. The Labute approximate surface area is 161 Å². The molecule has 1 fully saturated rings. The number of hydrogen-bond acceptors (Lipinski definition) is 7. The summed E-state index contributed by atoms with van der Waals surface area (Å²) in [6, 6.07) is 7.75. The van der Waals surface area contributed by atoms with Gasteiger partial charge in [-0.15, -0.1) is 0 Å². The number of para-hydroxylation sites is 1. The van der Waals surface area contributed by atoms with Gasteiger partial charge in [0.05, 0.1) is 18.7 Å². The van der Waals surface area contributed by atoms with Crippen LogP contribution in [0.2, 0.25) is 0 Å². The fourth-order valence-corrected chi connectivity index (χ4v) is 4.15. The van der Waals surface area contributed by atoms with E-state index in [0.717, 1.165) is 67.5 Å². The number of thioether (sulfide) groups is 1. The molecule has 3 heterocycles. The molecule has 0 unspecified atom stereocenters. The van der Waals surface area contributed by atoms with Gasteiger partial charge in [-0.3, -0.25) is 9.69 Å². The molecule has 0 saturated carbocycles. The van der Waals surface area contributed by atoms with Crippen LogP contribution in [0.15, 0.2) is 34.2 Å². The van der Waals surface area contributed by atoms with Crippen LogP contribution in [-0.2, 0) is 4.74 Å². The molecule has 1 aromatic carbocycles. The van der Waals surface area contributed by atoms with Gasteiger partial charge in [0.25, 0.3) is 5.56 Å². The highest BCUT2D eigenvalue weighted by Gasteiger charge is 2.13. The van der Waals surface area contributed by atoms with Crippen molar-refractivity contribution in [2.75, 3.05) is 38.6 Å². The summed E-state index contributed by atoms with van der Waals surface area (Å²) in [7, 11) is 0. The molecule has 142 valence electrons. The smallest absolute Gasteiger partial charge is 0.294 e.